The highest BCUT2D eigenvalue weighted by Crippen LogP contribution is 2.19. The average Bonchev–Trinajstić information content (AvgIpc) is 2.93. The van der Waals surface area contributed by atoms with Crippen LogP contribution in [-0.4, -0.2) is 18.5 Å². The number of halogens is 2. The maximum absolute atomic E-state index is 13.0. The molecule has 1 amide bonds. The summed E-state index contributed by atoms with van der Waals surface area (Å²) in [6, 6.07) is 5.60. The van der Waals surface area contributed by atoms with E-state index < -0.39 is 24.3 Å². The Morgan fingerprint density at radius 2 is 2.14 bits per heavy atom. The quantitative estimate of drug-likeness (QED) is 0.858. The molecule has 0 atom stereocenters. The van der Waals surface area contributed by atoms with Crippen molar-refractivity contribution >= 4 is 40.5 Å². The van der Waals surface area contributed by atoms with Gasteiger partial charge in [-0.1, -0.05) is 11.6 Å². The van der Waals surface area contributed by atoms with Crippen molar-refractivity contribution in [1.29, 1.82) is 0 Å². The van der Waals surface area contributed by atoms with Crippen LogP contribution < -0.4 is 5.32 Å². The van der Waals surface area contributed by atoms with E-state index in [9.17, 15) is 14.0 Å². The number of benzene rings is 1. The number of carbonyl (C=O) groups is 2. The highest BCUT2D eigenvalue weighted by molar-refractivity contribution is 7.07. The smallest absolute Gasteiger partial charge is 0.310 e. The Balaban J connectivity index is 1.79. The first-order valence-corrected chi connectivity index (χ1v) is 7.28. The van der Waals surface area contributed by atoms with Gasteiger partial charge in [0.15, 0.2) is 6.61 Å². The summed E-state index contributed by atoms with van der Waals surface area (Å²) in [6.45, 7) is -0.405. The molecule has 0 aliphatic rings. The van der Waals surface area contributed by atoms with Crippen LogP contribution in [0.3, 0.4) is 0 Å². The van der Waals surface area contributed by atoms with Crippen LogP contribution >= 0.6 is 22.9 Å². The molecule has 0 saturated heterocycles. The molecular formula is C14H11ClFNO3S. The molecule has 4 nitrogen and oxygen atoms in total. The van der Waals surface area contributed by atoms with Crippen LogP contribution in [0.1, 0.15) is 5.56 Å². The van der Waals surface area contributed by atoms with Crippen LogP contribution in [0.25, 0.3) is 0 Å². The fraction of sp³-hybridized carbons (Fsp3) is 0.143. The van der Waals surface area contributed by atoms with Gasteiger partial charge in [-0.25, -0.2) is 4.39 Å². The number of hydrogen-bond donors (Lipinski definition) is 1. The molecule has 2 aromatic rings. The molecule has 1 aromatic heterocycles. The van der Waals surface area contributed by atoms with Gasteiger partial charge in [-0.05, 0) is 40.6 Å². The molecule has 1 N–H and O–H groups in total. The predicted molar refractivity (Wildman–Crippen MR) is 79.0 cm³/mol. The minimum absolute atomic E-state index is 0.0951. The van der Waals surface area contributed by atoms with Crippen molar-refractivity contribution in [3.8, 4) is 0 Å². The third-order valence-electron chi connectivity index (χ3n) is 2.50. The van der Waals surface area contributed by atoms with Gasteiger partial charge in [0, 0.05) is 5.69 Å². The third kappa shape index (κ3) is 4.84. The standard InChI is InChI=1S/C14H11ClFNO3S/c15-11-6-10(1-2-12(11)16)17-13(18)7-20-14(19)5-9-3-4-21-8-9/h1-4,6,8H,5,7H2,(H,17,18). The molecule has 110 valence electrons. The molecule has 0 fully saturated rings. The SMILES string of the molecule is O=C(COC(=O)Cc1ccsc1)Nc1ccc(F)c(Cl)c1. The molecule has 0 aliphatic carbocycles. The van der Waals surface area contributed by atoms with Crippen molar-refractivity contribution in [2.75, 3.05) is 11.9 Å². The largest absolute Gasteiger partial charge is 0.455 e. The third-order valence-corrected chi connectivity index (χ3v) is 3.52. The molecular weight excluding hydrogens is 317 g/mol. The summed E-state index contributed by atoms with van der Waals surface area (Å²) in [5, 5.41) is 6.05. The monoisotopic (exact) mass is 327 g/mol. The van der Waals surface area contributed by atoms with Crippen LogP contribution in [0, 0.1) is 5.82 Å². The summed E-state index contributed by atoms with van der Waals surface area (Å²) in [5.41, 5.74) is 1.18. The van der Waals surface area contributed by atoms with E-state index in [4.69, 9.17) is 16.3 Å². The van der Waals surface area contributed by atoms with Crippen molar-refractivity contribution in [1.82, 2.24) is 0 Å². The van der Waals surface area contributed by atoms with Crippen LogP contribution in [0.15, 0.2) is 35.0 Å². The van der Waals surface area contributed by atoms with E-state index in [1.54, 1.807) is 0 Å². The lowest BCUT2D eigenvalue weighted by atomic mass is 10.2. The van der Waals surface area contributed by atoms with E-state index in [1.165, 1.54) is 23.5 Å². The predicted octanol–water partition coefficient (Wildman–Crippen LogP) is 3.27. The number of rotatable bonds is 5. The molecule has 0 saturated carbocycles. The van der Waals surface area contributed by atoms with E-state index >= 15 is 0 Å². The highest BCUT2D eigenvalue weighted by Gasteiger charge is 2.10. The summed E-state index contributed by atoms with van der Waals surface area (Å²) in [6.07, 6.45) is 0.124. The number of anilines is 1. The van der Waals surface area contributed by atoms with Gasteiger partial charge in [-0.2, -0.15) is 11.3 Å². The van der Waals surface area contributed by atoms with Gasteiger partial charge in [0.1, 0.15) is 5.82 Å². The van der Waals surface area contributed by atoms with Crippen LogP contribution in [0.5, 0.6) is 0 Å². The maximum Gasteiger partial charge on any atom is 0.310 e. The molecule has 1 aromatic carbocycles. The number of carbonyl (C=O) groups excluding carboxylic acids is 2. The van der Waals surface area contributed by atoms with Gasteiger partial charge in [0.05, 0.1) is 11.4 Å². The molecule has 2 rings (SSSR count). The van der Waals surface area contributed by atoms with E-state index in [0.717, 1.165) is 11.6 Å². The molecule has 0 spiro atoms. The summed E-state index contributed by atoms with van der Waals surface area (Å²) in [4.78, 5) is 23.1. The molecule has 0 bridgehead atoms. The lowest BCUT2D eigenvalue weighted by molar-refractivity contribution is -0.146. The average molecular weight is 328 g/mol. The molecule has 0 aliphatic heterocycles. The van der Waals surface area contributed by atoms with Crippen LogP contribution in [0.2, 0.25) is 5.02 Å². The fourth-order valence-corrected chi connectivity index (χ4v) is 2.38. The van der Waals surface area contributed by atoms with Crippen molar-refractivity contribution in [2.45, 2.75) is 6.42 Å². The van der Waals surface area contributed by atoms with E-state index in [0.29, 0.717) is 5.69 Å². The zero-order chi connectivity index (χ0) is 15.2. The number of esters is 1. The molecule has 0 unspecified atom stereocenters. The van der Waals surface area contributed by atoms with E-state index in [1.807, 2.05) is 16.8 Å². The van der Waals surface area contributed by atoms with Gasteiger partial charge in [-0.3, -0.25) is 9.59 Å². The Morgan fingerprint density at radius 1 is 1.33 bits per heavy atom. The van der Waals surface area contributed by atoms with Crippen molar-refractivity contribution in [3.05, 3.63) is 51.4 Å². The van der Waals surface area contributed by atoms with Crippen molar-refractivity contribution in [2.24, 2.45) is 0 Å². The van der Waals surface area contributed by atoms with Gasteiger partial charge in [0.2, 0.25) is 0 Å². The maximum atomic E-state index is 13.0. The Kier molecular flexibility index (Phi) is 5.30. The second kappa shape index (κ2) is 7.19. The summed E-state index contributed by atoms with van der Waals surface area (Å²) < 4.78 is 17.8. The minimum atomic E-state index is -0.572. The highest BCUT2D eigenvalue weighted by atomic mass is 35.5. The van der Waals surface area contributed by atoms with Gasteiger partial charge in [0.25, 0.3) is 5.91 Å². The van der Waals surface area contributed by atoms with Crippen LogP contribution in [-0.2, 0) is 20.7 Å². The Morgan fingerprint density at radius 3 is 2.81 bits per heavy atom. The number of nitrogens with one attached hydrogen (secondary N) is 1. The Hall–Kier alpha value is -1.92. The summed E-state index contributed by atoms with van der Waals surface area (Å²) in [5.74, 6) is -1.58. The Bertz CT molecular complexity index is 646. The first-order chi connectivity index (χ1) is 10.0. The van der Waals surface area contributed by atoms with Crippen molar-refractivity contribution < 1.29 is 18.7 Å². The minimum Gasteiger partial charge on any atom is -0.455 e. The fourth-order valence-electron chi connectivity index (χ4n) is 1.53. The lowest BCUT2D eigenvalue weighted by Crippen LogP contribution is -2.21. The molecule has 7 heteroatoms. The summed E-state index contributed by atoms with van der Waals surface area (Å²) in [7, 11) is 0. The first-order valence-electron chi connectivity index (χ1n) is 5.96. The zero-order valence-electron chi connectivity index (χ0n) is 10.8. The van der Waals surface area contributed by atoms with Gasteiger partial charge < -0.3 is 10.1 Å². The Labute approximate surface area is 129 Å². The second-order valence-corrected chi connectivity index (χ2v) is 5.33. The van der Waals surface area contributed by atoms with E-state index in [2.05, 4.69) is 5.32 Å². The lowest BCUT2D eigenvalue weighted by Gasteiger charge is -2.07. The second-order valence-electron chi connectivity index (χ2n) is 4.15. The first kappa shape index (κ1) is 15.5. The topological polar surface area (TPSA) is 55.4 Å². The van der Waals surface area contributed by atoms with Crippen molar-refractivity contribution in [3.63, 3.8) is 0 Å². The number of ether oxygens (including phenoxy) is 1. The molecule has 21 heavy (non-hydrogen) atoms. The normalized spacial score (nSPS) is 10.2. The number of amides is 1. The molecule has 0 radical (unpaired) electrons. The summed E-state index contributed by atoms with van der Waals surface area (Å²) >= 11 is 7.07. The van der Waals surface area contributed by atoms with Gasteiger partial charge >= 0.3 is 5.97 Å². The van der Waals surface area contributed by atoms with E-state index in [-0.39, 0.29) is 11.4 Å². The molecule has 1 heterocycles. The zero-order valence-corrected chi connectivity index (χ0v) is 12.3. The number of hydrogen-bond acceptors (Lipinski definition) is 4. The van der Waals surface area contributed by atoms with Gasteiger partial charge in [-0.15, -0.1) is 0 Å². The van der Waals surface area contributed by atoms with Crippen LogP contribution in [0.4, 0.5) is 10.1 Å². The number of thiophene rings is 1.